The van der Waals surface area contributed by atoms with Crippen molar-refractivity contribution in [3.05, 3.63) is 29.8 Å². The van der Waals surface area contributed by atoms with Crippen molar-refractivity contribution in [2.75, 3.05) is 5.32 Å². The predicted octanol–water partition coefficient (Wildman–Crippen LogP) is 1.98. The molecule has 0 bridgehead atoms. The highest BCUT2D eigenvalue weighted by Gasteiger charge is 2.37. The third kappa shape index (κ3) is 3.00. The molecule has 0 aromatic heterocycles. The number of hydrogen-bond donors (Lipinski definition) is 3. The summed E-state index contributed by atoms with van der Waals surface area (Å²) in [6.45, 7) is 1.88. The molecule has 1 unspecified atom stereocenters. The Kier molecular flexibility index (Phi) is 3.50. The van der Waals surface area contributed by atoms with Crippen molar-refractivity contribution in [2.45, 2.75) is 25.8 Å². The minimum Gasteiger partial charge on any atom is -0.480 e. The molecule has 1 aliphatic carbocycles. The molecule has 0 aliphatic heterocycles. The molecule has 0 heterocycles. The molecular formula is C13H16N2O3. The fourth-order valence-corrected chi connectivity index (χ4v) is 1.82. The van der Waals surface area contributed by atoms with E-state index in [1.165, 1.54) is 0 Å². The molecule has 1 aromatic carbocycles. The molecule has 5 nitrogen and oxygen atoms in total. The van der Waals surface area contributed by atoms with Crippen LogP contribution in [-0.4, -0.2) is 23.1 Å². The van der Waals surface area contributed by atoms with Crippen molar-refractivity contribution in [1.29, 1.82) is 0 Å². The van der Waals surface area contributed by atoms with Crippen LogP contribution < -0.4 is 10.6 Å². The average molecular weight is 248 g/mol. The van der Waals surface area contributed by atoms with E-state index in [2.05, 4.69) is 10.6 Å². The maximum Gasteiger partial charge on any atom is 0.326 e. The lowest BCUT2D eigenvalue weighted by Crippen LogP contribution is -2.44. The van der Waals surface area contributed by atoms with Gasteiger partial charge in [0.1, 0.15) is 6.04 Å². The summed E-state index contributed by atoms with van der Waals surface area (Å²) in [7, 11) is 0. The summed E-state index contributed by atoms with van der Waals surface area (Å²) in [4.78, 5) is 22.7. The standard InChI is InChI=1S/C13H16N2O3/c1-8-4-2-3-5-10(8)14-13(18)15-11(12(16)17)9-6-7-9/h2-5,9,11H,6-7H2,1H3,(H,16,17)(H2,14,15,18). The van der Waals surface area contributed by atoms with Gasteiger partial charge < -0.3 is 15.7 Å². The first-order valence-corrected chi connectivity index (χ1v) is 5.94. The van der Waals surface area contributed by atoms with E-state index in [4.69, 9.17) is 5.11 Å². The summed E-state index contributed by atoms with van der Waals surface area (Å²) in [5.41, 5.74) is 1.63. The number of aliphatic carboxylic acids is 1. The molecule has 18 heavy (non-hydrogen) atoms. The average Bonchev–Trinajstić information content (AvgIpc) is 3.13. The summed E-state index contributed by atoms with van der Waals surface area (Å²) in [5, 5.41) is 14.2. The van der Waals surface area contributed by atoms with Crippen molar-refractivity contribution >= 4 is 17.7 Å². The Balaban J connectivity index is 1.96. The SMILES string of the molecule is Cc1ccccc1NC(=O)NC(C(=O)O)C1CC1. The van der Waals surface area contributed by atoms with Crippen molar-refractivity contribution < 1.29 is 14.7 Å². The maximum absolute atomic E-state index is 11.7. The second-order valence-corrected chi connectivity index (χ2v) is 4.57. The molecule has 0 radical (unpaired) electrons. The molecule has 5 heteroatoms. The van der Waals surface area contributed by atoms with Crippen molar-refractivity contribution in [3.8, 4) is 0 Å². The van der Waals surface area contributed by atoms with Gasteiger partial charge in [-0.2, -0.15) is 0 Å². The second-order valence-electron chi connectivity index (χ2n) is 4.57. The Hall–Kier alpha value is -2.04. The summed E-state index contributed by atoms with van der Waals surface area (Å²) in [5.74, 6) is -0.900. The van der Waals surface area contributed by atoms with Gasteiger partial charge in [0.15, 0.2) is 0 Å². The number of benzene rings is 1. The number of urea groups is 1. The number of carboxylic acid groups (broad SMARTS) is 1. The lowest BCUT2D eigenvalue weighted by Gasteiger charge is -2.15. The Labute approximate surface area is 105 Å². The Morgan fingerprint density at radius 2 is 2.00 bits per heavy atom. The zero-order valence-electron chi connectivity index (χ0n) is 10.1. The molecule has 1 saturated carbocycles. The minimum atomic E-state index is -0.975. The topological polar surface area (TPSA) is 78.4 Å². The van der Waals surface area contributed by atoms with E-state index < -0.39 is 18.0 Å². The number of rotatable bonds is 4. The molecule has 1 fully saturated rings. The molecule has 1 aliphatic rings. The number of carboxylic acids is 1. The number of anilines is 1. The molecule has 2 amide bonds. The first kappa shape index (κ1) is 12.4. The lowest BCUT2D eigenvalue weighted by molar-refractivity contribution is -0.139. The van der Waals surface area contributed by atoms with E-state index in [0.29, 0.717) is 5.69 Å². The summed E-state index contributed by atoms with van der Waals surface area (Å²) in [6.07, 6.45) is 1.73. The number of aryl methyl sites for hydroxylation is 1. The van der Waals surface area contributed by atoms with Crippen LogP contribution in [0.25, 0.3) is 0 Å². The van der Waals surface area contributed by atoms with E-state index in [-0.39, 0.29) is 5.92 Å². The van der Waals surface area contributed by atoms with Crippen LogP contribution in [0.1, 0.15) is 18.4 Å². The molecule has 1 atom stereocenters. The van der Waals surface area contributed by atoms with Crippen LogP contribution in [-0.2, 0) is 4.79 Å². The third-order valence-electron chi connectivity index (χ3n) is 3.04. The smallest absolute Gasteiger partial charge is 0.326 e. The van der Waals surface area contributed by atoms with Gasteiger partial charge in [-0.05, 0) is 37.3 Å². The van der Waals surface area contributed by atoms with Gasteiger partial charge in [0.25, 0.3) is 0 Å². The van der Waals surface area contributed by atoms with Crippen LogP contribution in [0, 0.1) is 12.8 Å². The van der Waals surface area contributed by atoms with Gasteiger partial charge in [0.2, 0.25) is 0 Å². The molecule has 96 valence electrons. The zero-order chi connectivity index (χ0) is 13.1. The minimum absolute atomic E-state index is 0.0742. The van der Waals surface area contributed by atoms with E-state index in [1.54, 1.807) is 6.07 Å². The van der Waals surface area contributed by atoms with Crippen molar-refractivity contribution in [2.24, 2.45) is 5.92 Å². The van der Waals surface area contributed by atoms with Crippen molar-refractivity contribution in [3.63, 3.8) is 0 Å². The molecule has 2 rings (SSSR count). The number of amides is 2. The lowest BCUT2D eigenvalue weighted by atomic mass is 10.2. The van der Waals surface area contributed by atoms with Crippen LogP contribution in [0.5, 0.6) is 0 Å². The van der Waals surface area contributed by atoms with Crippen LogP contribution in [0.3, 0.4) is 0 Å². The molecule has 3 N–H and O–H groups in total. The number of para-hydroxylation sites is 1. The number of hydrogen-bond acceptors (Lipinski definition) is 2. The summed E-state index contributed by atoms with van der Waals surface area (Å²) in [6, 6.07) is 6.10. The van der Waals surface area contributed by atoms with Crippen LogP contribution in [0.4, 0.5) is 10.5 Å². The Morgan fingerprint density at radius 1 is 1.33 bits per heavy atom. The quantitative estimate of drug-likeness (QED) is 0.762. The van der Waals surface area contributed by atoms with Crippen LogP contribution >= 0.6 is 0 Å². The van der Waals surface area contributed by atoms with Crippen LogP contribution in [0.15, 0.2) is 24.3 Å². The normalized spacial score (nSPS) is 15.8. The monoisotopic (exact) mass is 248 g/mol. The zero-order valence-corrected chi connectivity index (χ0v) is 10.1. The van der Waals surface area contributed by atoms with Gasteiger partial charge in [-0.1, -0.05) is 18.2 Å². The largest absolute Gasteiger partial charge is 0.480 e. The fraction of sp³-hybridized carbons (Fsp3) is 0.385. The predicted molar refractivity (Wildman–Crippen MR) is 67.5 cm³/mol. The number of carbonyl (C=O) groups is 2. The molecule has 0 saturated heterocycles. The maximum atomic E-state index is 11.7. The fourth-order valence-electron chi connectivity index (χ4n) is 1.82. The van der Waals surface area contributed by atoms with E-state index >= 15 is 0 Å². The van der Waals surface area contributed by atoms with E-state index in [0.717, 1.165) is 18.4 Å². The molecular weight excluding hydrogens is 232 g/mol. The highest BCUT2D eigenvalue weighted by atomic mass is 16.4. The Morgan fingerprint density at radius 3 is 2.56 bits per heavy atom. The van der Waals surface area contributed by atoms with E-state index in [9.17, 15) is 9.59 Å². The molecule has 0 spiro atoms. The highest BCUT2D eigenvalue weighted by Crippen LogP contribution is 2.32. The highest BCUT2D eigenvalue weighted by molar-refractivity contribution is 5.93. The van der Waals surface area contributed by atoms with Gasteiger partial charge in [-0.3, -0.25) is 0 Å². The van der Waals surface area contributed by atoms with E-state index in [1.807, 2.05) is 25.1 Å². The first-order chi connectivity index (χ1) is 8.58. The molecule has 1 aromatic rings. The summed E-state index contributed by atoms with van der Waals surface area (Å²) >= 11 is 0. The van der Waals surface area contributed by atoms with Crippen molar-refractivity contribution in [1.82, 2.24) is 5.32 Å². The van der Waals surface area contributed by atoms with Gasteiger partial charge in [0, 0.05) is 5.69 Å². The summed E-state index contributed by atoms with van der Waals surface area (Å²) < 4.78 is 0. The number of nitrogens with one attached hydrogen (secondary N) is 2. The van der Waals surface area contributed by atoms with Gasteiger partial charge in [0.05, 0.1) is 0 Å². The van der Waals surface area contributed by atoms with Gasteiger partial charge in [-0.15, -0.1) is 0 Å². The number of carbonyl (C=O) groups excluding carboxylic acids is 1. The first-order valence-electron chi connectivity index (χ1n) is 5.94. The second kappa shape index (κ2) is 5.08. The van der Waals surface area contributed by atoms with Crippen LogP contribution in [0.2, 0.25) is 0 Å². The third-order valence-corrected chi connectivity index (χ3v) is 3.04. The van der Waals surface area contributed by atoms with Gasteiger partial charge in [-0.25, -0.2) is 9.59 Å². The Bertz CT molecular complexity index is 469. The van der Waals surface area contributed by atoms with Gasteiger partial charge >= 0.3 is 12.0 Å².